The summed E-state index contributed by atoms with van der Waals surface area (Å²) in [5, 5.41) is 32.2. The van der Waals surface area contributed by atoms with Gasteiger partial charge in [-0.05, 0) is 46.0 Å². The number of ether oxygens (including phenoxy) is 2. The molecule has 0 radical (unpaired) electrons. The van der Waals surface area contributed by atoms with Crippen molar-refractivity contribution in [3.05, 3.63) is 40.2 Å². The molecule has 40 heavy (non-hydrogen) atoms. The number of nitrogens with zero attached hydrogens (tertiary/aromatic N) is 4. The van der Waals surface area contributed by atoms with Gasteiger partial charge in [-0.25, -0.2) is 14.8 Å². The van der Waals surface area contributed by atoms with E-state index in [1.165, 1.54) is 14.0 Å². The van der Waals surface area contributed by atoms with E-state index in [2.05, 4.69) is 10.2 Å². The summed E-state index contributed by atoms with van der Waals surface area (Å²) >= 11 is 6.63. The summed E-state index contributed by atoms with van der Waals surface area (Å²) < 4.78 is 10.7. The lowest BCUT2D eigenvalue weighted by molar-refractivity contribution is 0.108. The lowest BCUT2D eigenvalue weighted by Gasteiger charge is -2.25. The van der Waals surface area contributed by atoms with Gasteiger partial charge in [0.05, 0.1) is 23.4 Å². The van der Waals surface area contributed by atoms with Crippen molar-refractivity contribution in [2.75, 3.05) is 58.4 Å². The van der Waals surface area contributed by atoms with E-state index in [1.54, 1.807) is 37.1 Å². The minimum absolute atomic E-state index is 0.0140. The van der Waals surface area contributed by atoms with E-state index in [0.29, 0.717) is 72.0 Å². The van der Waals surface area contributed by atoms with Gasteiger partial charge in [0.2, 0.25) is 0 Å². The number of likely N-dealkylation sites (N-methyl/N-ethyl adjacent to an activating group) is 1. The van der Waals surface area contributed by atoms with E-state index in [1.807, 2.05) is 6.92 Å². The molecular formula is C28H37ClN6O5. The predicted molar refractivity (Wildman–Crippen MR) is 154 cm³/mol. The van der Waals surface area contributed by atoms with Crippen molar-refractivity contribution < 1.29 is 24.5 Å². The number of fused-ring (bicyclic) bond motifs is 1. The second-order valence-corrected chi connectivity index (χ2v) is 10.8. The van der Waals surface area contributed by atoms with Crippen molar-refractivity contribution in [2.45, 2.75) is 26.9 Å². The highest BCUT2D eigenvalue weighted by Gasteiger charge is 2.43. The molecular weight excluding hydrogens is 536 g/mol. The molecule has 2 aromatic rings. The molecule has 12 heteroatoms. The van der Waals surface area contributed by atoms with Crippen LogP contribution >= 0.6 is 11.6 Å². The van der Waals surface area contributed by atoms with Gasteiger partial charge < -0.3 is 40.2 Å². The summed E-state index contributed by atoms with van der Waals surface area (Å²) in [7, 11) is 3.15. The van der Waals surface area contributed by atoms with Gasteiger partial charge in [-0.1, -0.05) is 11.6 Å². The number of carbonyl (C=O) groups excluding carboxylic acids is 1. The van der Waals surface area contributed by atoms with Crippen molar-refractivity contribution in [3.8, 4) is 17.1 Å². The standard InChI is InChI=1S/C28H37ClN6O5/c1-15-25(24(16(2)30)17(3)36)32-26(22-8-21(6-7-23(22)29)40-14-20(37)9-31-4)33-27(15)34-10-18-12-35(28(38)39-5)13-19(18)11-34/h6-8,18-20,30-31,36-37H,9-14H2,1-5H3/b24-17+,30-16?/t18-,19+,20-/m1/s1. The third kappa shape index (κ3) is 6.16. The Balaban J connectivity index is 1.74. The van der Waals surface area contributed by atoms with Gasteiger partial charge in [-0.3, -0.25) is 0 Å². The maximum absolute atomic E-state index is 12.1. The number of likely N-dealkylation sites (tertiary alicyclic amines) is 1. The summed E-state index contributed by atoms with van der Waals surface area (Å²) in [6, 6.07) is 5.14. The number of aromatic nitrogens is 2. The maximum atomic E-state index is 12.1. The van der Waals surface area contributed by atoms with Crippen molar-refractivity contribution in [2.24, 2.45) is 11.8 Å². The molecule has 1 aromatic carbocycles. The van der Waals surface area contributed by atoms with Crippen LogP contribution in [-0.4, -0.2) is 96.5 Å². The Hall–Kier alpha value is -3.41. The number of carbonyl (C=O) groups is 1. The van der Waals surface area contributed by atoms with Crippen LogP contribution in [0.2, 0.25) is 5.02 Å². The van der Waals surface area contributed by atoms with E-state index in [9.17, 15) is 15.0 Å². The second-order valence-electron chi connectivity index (χ2n) is 10.4. The molecule has 3 heterocycles. The first-order valence-electron chi connectivity index (χ1n) is 13.2. The monoisotopic (exact) mass is 572 g/mol. The van der Waals surface area contributed by atoms with Crippen LogP contribution in [0.25, 0.3) is 17.0 Å². The number of nitrogens with one attached hydrogen (secondary N) is 2. The highest BCUT2D eigenvalue weighted by Crippen LogP contribution is 2.38. The SMILES string of the molecule is CNC[C@@H](O)COc1ccc(Cl)c(-c2nc(/C(C(C)=N)=C(\C)O)c(C)c(N3C[C@H]4CN(C(=O)OC)C[C@H]4C3)n2)c1. The molecule has 2 aliphatic heterocycles. The van der Waals surface area contributed by atoms with Crippen molar-refractivity contribution in [1.29, 1.82) is 5.41 Å². The van der Waals surface area contributed by atoms with Gasteiger partial charge >= 0.3 is 6.09 Å². The van der Waals surface area contributed by atoms with E-state index in [-0.39, 0.29) is 36.0 Å². The molecule has 4 rings (SSSR count). The number of aliphatic hydroxyl groups excluding tert-OH is 2. The number of hydrogen-bond donors (Lipinski definition) is 4. The molecule has 11 nitrogen and oxygen atoms in total. The molecule has 0 saturated carbocycles. The Labute approximate surface area is 239 Å². The number of benzene rings is 1. The van der Waals surface area contributed by atoms with Crippen LogP contribution in [0.4, 0.5) is 10.6 Å². The van der Waals surface area contributed by atoms with E-state index in [4.69, 9.17) is 36.5 Å². The number of hydrogen-bond acceptors (Lipinski definition) is 10. The molecule has 216 valence electrons. The third-order valence-corrected chi connectivity index (χ3v) is 7.70. The molecule has 2 fully saturated rings. The zero-order valence-electron chi connectivity index (χ0n) is 23.5. The number of halogens is 1. The lowest BCUT2D eigenvalue weighted by Crippen LogP contribution is -2.33. The van der Waals surface area contributed by atoms with Crippen molar-refractivity contribution in [1.82, 2.24) is 20.2 Å². The fraction of sp³-hybridized carbons (Fsp3) is 0.500. The normalized spacial score (nSPS) is 19.8. The molecule has 0 aliphatic carbocycles. The highest BCUT2D eigenvalue weighted by molar-refractivity contribution is 6.33. The molecule has 0 spiro atoms. The van der Waals surface area contributed by atoms with Crippen LogP contribution in [0.15, 0.2) is 24.0 Å². The summed E-state index contributed by atoms with van der Waals surface area (Å²) in [6.07, 6.45) is -0.993. The molecule has 2 aliphatic rings. The molecule has 0 bridgehead atoms. The van der Waals surface area contributed by atoms with Gasteiger partial charge in [0.1, 0.15) is 30.0 Å². The molecule has 4 N–H and O–H groups in total. The molecule has 3 atom stereocenters. The fourth-order valence-electron chi connectivity index (χ4n) is 5.49. The molecule has 1 aromatic heterocycles. The third-order valence-electron chi connectivity index (χ3n) is 7.37. The minimum Gasteiger partial charge on any atom is -0.512 e. The van der Waals surface area contributed by atoms with Crippen molar-refractivity contribution >= 4 is 34.8 Å². The smallest absolute Gasteiger partial charge is 0.409 e. The fourth-order valence-corrected chi connectivity index (χ4v) is 5.70. The van der Waals surface area contributed by atoms with Crippen LogP contribution in [0.1, 0.15) is 25.1 Å². The summed E-state index contributed by atoms with van der Waals surface area (Å²) in [4.78, 5) is 25.7. The molecule has 2 saturated heterocycles. The van der Waals surface area contributed by atoms with Crippen LogP contribution in [0.3, 0.4) is 0 Å². The largest absolute Gasteiger partial charge is 0.512 e. The second kappa shape index (κ2) is 12.4. The Morgan fingerprint density at radius 3 is 2.48 bits per heavy atom. The zero-order valence-corrected chi connectivity index (χ0v) is 24.2. The number of aliphatic hydroxyl groups is 2. The van der Waals surface area contributed by atoms with Crippen LogP contribution in [-0.2, 0) is 4.74 Å². The first-order valence-corrected chi connectivity index (χ1v) is 13.6. The van der Waals surface area contributed by atoms with Gasteiger partial charge in [0.15, 0.2) is 5.82 Å². The molecule has 0 unspecified atom stereocenters. The zero-order chi connectivity index (χ0) is 29.1. The van der Waals surface area contributed by atoms with Crippen molar-refractivity contribution in [3.63, 3.8) is 0 Å². The number of allylic oxidation sites excluding steroid dienone is 2. The van der Waals surface area contributed by atoms with Gasteiger partial charge in [-0.15, -0.1) is 0 Å². The predicted octanol–water partition coefficient (Wildman–Crippen LogP) is 3.53. The Bertz CT molecular complexity index is 1300. The number of amides is 1. The van der Waals surface area contributed by atoms with E-state index < -0.39 is 6.10 Å². The topological polar surface area (TPSA) is 144 Å². The summed E-state index contributed by atoms with van der Waals surface area (Å²) in [5.41, 5.74) is 2.22. The van der Waals surface area contributed by atoms with Gasteiger partial charge in [0, 0.05) is 61.4 Å². The average Bonchev–Trinajstić information content (AvgIpc) is 3.48. The maximum Gasteiger partial charge on any atom is 0.409 e. The van der Waals surface area contributed by atoms with E-state index in [0.717, 1.165) is 5.56 Å². The Kier molecular flexibility index (Phi) is 9.17. The Morgan fingerprint density at radius 1 is 1.23 bits per heavy atom. The average molecular weight is 573 g/mol. The van der Waals surface area contributed by atoms with Gasteiger partial charge in [0.25, 0.3) is 0 Å². The first kappa shape index (κ1) is 29.6. The minimum atomic E-state index is -0.682. The summed E-state index contributed by atoms with van der Waals surface area (Å²) in [5.74, 6) is 2.03. The number of rotatable bonds is 9. The molecule has 1 amide bonds. The first-order chi connectivity index (χ1) is 19.0. The highest BCUT2D eigenvalue weighted by atomic mass is 35.5. The number of anilines is 1. The van der Waals surface area contributed by atoms with Crippen LogP contribution < -0.4 is 15.0 Å². The number of methoxy groups -OCH3 is 1. The lowest BCUT2D eigenvalue weighted by atomic mass is 10.0. The van der Waals surface area contributed by atoms with E-state index >= 15 is 0 Å². The van der Waals surface area contributed by atoms with Crippen LogP contribution in [0, 0.1) is 24.2 Å². The Morgan fingerprint density at radius 2 is 1.90 bits per heavy atom. The summed E-state index contributed by atoms with van der Waals surface area (Å²) in [6.45, 7) is 8.12. The van der Waals surface area contributed by atoms with Crippen LogP contribution in [0.5, 0.6) is 5.75 Å². The van der Waals surface area contributed by atoms with Gasteiger partial charge in [-0.2, -0.15) is 0 Å². The quantitative estimate of drug-likeness (QED) is 0.262.